The first-order chi connectivity index (χ1) is 17.4. The first-order valence-corrected chi connectivity index (χ1v) is 12.3. The molecule has 1 fully saturated rings. The normalized spacial score (nSPS) is 16.2. The van der Waals surface area contributed by atoms with Gasteiger partial charge in [0.15, 0.2) is 11.5 Å². The van der Waals surface area contributed by atoms with Crippen molar-refractivity contribution in [2.45, 2.75) is 33.0 Å². The molecule has 188 valence electrons. The number of carbonyl (C=O) groups excluding carboxylic acids is 2. The summed E-state index contributed by atoms with van der Waals surface area (Å²) in [4.78, 5) is 43.5. The zero-order valence-electron chi connectivity index (χ0n) is 20.5. The molecule has 2 aliphatic rings. The monoisotopic (exact) mass is 490 g/mol. The van der Waals surface area contributed by atoms with Crippen LogP contribution in [-0.2, 0) is 17.9 Å². The highest BCUT2D eigenvalue weighted by Gasteiger charge is 2.27. The van der Waals surface area contributed by atoms with E-state index < -0.39 is 17.4 Å². The molecule has 3 heterocycles. The summed E-state index contributed by atoms with van der Waals surface area (Å²) < 4.78 is 12.7. The van der Waals surface area contributed by atoms with Gasteiger partial charge in [-0.1, -0.05) is 30.3 Å². The number of benzene rings is 2. The van der Waals surface area contributed by atoms with Crippen molar-refractivity contribution in [2.24, 2.45) is 0 Å². The largest absolute Gasteiger partial charge is 0.454 e. The van der Waals surface area contributed by atoms with E-state index in [1.807, 2.05) is 29.7 Å². The van der Waals surface area contributed by atoms with Gasteiger partial charge in [0.05, 0.1) is 10.9 Å². The molecule has 0 bridgehead atoms. The molecule has 3 aromatic rings. The molecule has 9 heteroatoms. The Morgan fingerprint density at radius 2 is 1.72 bits per heavy atom. The molecule has 2 aromatic carbocycles. The minimum absolute atomic E-state index is 0.00412. The van der Waals surface area contributed by atoms with E-state index in [2.05, 4.69) is 22.3 Å². The quantitative estimate of drug-likeness (QED) is 0.570. The van der Waals surface area contributed by atoms with Crippen molar-refractivity contribution >= 4 is 22.7 Å². The van der Waals surface area contributed by atoms with Gasteiger partial charge in [-0.2, -0.15) is 0 Å². The van der Waals surface area contributed by atoms with Crippen LogP contribution in [0, 0.1) is 0 Å². The highest BCUT2D eigenvalue weighted by molar-refractivity contribution is 6.00. The van der Waals surface area contributed by atoms with Crippen LogP contribution in [0.4, 0.5) is 0 Å². The molecule has 0 saturated carbocycles. The number of hydrogen-bond acceptors (Lipinski definition) is 6. The minimum Gasteiger partial charge on any atom is -0.454 e. The van der Waals surface area contributed by atoms with E-state index in [-0.39, 0.29) is 18.3 Å². The SMILES string of the molecule is CCn1cc(C(=O)NC(C)C(=O)N2CCN(Cc3ccccc3)CC2)c(=O)c2cc3c(cc21)OCO3. The standard InChI is InChI=1S/C27H30N4O5/c1-3-30-16-21(25(32)20-13-23-24(14-22(20)30)36-17-35-23)26(33)28-18(2)27(34)31-11-9-29(10-12-31)15-19-7-5-4-6-8-19/h4-8,13-14,16,18H,3,9-12,15,17H2,1-2H3,(H,28,33). The molecule has 36 heavy (non-hydrogen) atoms. The summed E-state index contributed by atoms with van der Waals surface area (Å²) in [5.74, 6) is 0.340. The highest BCUT2D eigenvalue weighted by atomic mass is 16.7. The number of ether oxygens (including phenoxy) is 2. The fraction of sp³-hybridized carbons (Fsp3) is 0.370. The number of piperazine rings is 1. The molecule has 0 spiro atoms. The number of pyridine rings is 1. The summed E-state index contributed by atoms with van der Waals surface area (Å²) >= 11 is 0. The van der Waals surface area contributed by atoms with Crippen LogP contribution in [-0.4, -0.2) is 65.2 Å². The summed E-state index contributed by atoms with van der Waals surface area (Å²) in [5.41, 5.74) is 1.51. The number of aromatic nitrogens is 1. The average Bonchev–Trinajstić information content (AvgIpc) is 3.36. The first-order valence-electron chi connectivity index (χ1n) is 12.3. The van der Waals surface area contributed by atoms with Crippen LogP contribution >= 0.6 is 0 Å². The van der Waals surface area contributed by atoms with Crippen molar-refractivity contribution in [1.29, 1.82) is 0 Å². The smallest absolute Gasteiger partial charge is 0.257 e. The van der Waals surface area contributed by atoms with Gasteiger partial charge in [-0.05, 0) is 25.5 Å². The third kappa shape index (κ3) is 4.66. The topological polar surface area (TPSA) is 93.1 Å². The van der Waals surface area contributed by atoms with Gasteiger partial charge in [0.1, 0.15) is 11.6 Å². The second kappa shape index (κ2) is 10.0. The van der Waals surface area contributed by atoms with Crippen molar-refractivity contribution in [1.82, 2.24) is 19.7 Å². The lowest BCUT2D eigenvalue weighted by atomic mass is 10.1. The van der Waals surface area contributed by atoms with E-state index in [0.717, 1.165) is 19.6 Å². The van der Waals surface area contributed by atoms with Crippen LogP contribution in [0.25, 0.3) is 10.9 Å². The fourth-order valence-electron chi connectivity index (χ4n) is 4.78. The number of rotatable bonds is 6. The average molecular weight is 491 g/mol. The maximum atomic E-state index is 13.2. The summed E-state index contributed by atoms with van der Waals surface area (Å²) in [6.45, 7) is 7.81. The van der Waals surface area contributed by atoms with E-state index in [1.54, 1.807) is 30.2 Å². The molecule has 1 aromatic heterocycles. The predicted octanol–water partition coefficient (Wildman–Crippen LogP) is 2.21. The van der Waals surface area contributed by atoms with E-state index in [4.69, 9.17) is 9.47 Å². The number of amides is 2. The van der Waals surface area contributed by atoms with Crippen molar-refractivity contribution in [2.75, 3.05) is 33.0 Å². The zero-order valence-corrected chi connectivity index (χ0v) is 20.5. The van der Waals surface area contributed by atoms with Gasteiger partial charge in [-0.15, -0.1) is 0 Å². The molecule has 2 amide bonds. The Hall–Kier alpha value is -3.85. The van der Waals surface area contributed by atoms with Crippen LogP contribution in [0.5, 0.6) is 11.5 Å². The molecule has 1 atom stereocenters. The summed E-state index contributed by atoms with van der Waals surface area (Å²) in [5, 5.41) is 3.12. The van der Waals surface area contributed by atoms with E-state index in [9.17, 15) is 14.4 Å². The number of fused-ring (bicyclic) bond motifs is 2. The Morgan fingerprint density at radius 3 is 2.42 bits per heavy atom. The van der Waals surface area contributed by atoms with Crippen LogP contribution in [0.1, 0.15) is 29.8 Å². The first kappa shape index (κ1) is 23.9. The second-order valence-electron chi connectivity index (χ2n) is 9.16. The zero-order chi connectivity index (χ0) is 25.2. The van der Waals surface area contributed by atoms with Gasteiger partial charge in [0.25, 0.3) is 5.91 Å². The van der Waals surface area contributed by atoms with Crippen LogP contribution in [0.3, 0.4) is 0 Å². The summed E-state index contributed by atoms with van der Waals surface area (Å²) in [7, 11) is 0. The lowest BCUT2D eigenvalue weighted by molar-refractivity contribution is -0.134. The fourth-order valence-corrected chi connectivity index (χ4v) is 4.78. The van der Waals surface area contributed by atoms with Crippen molar-refractivity contribution in [3.05, 3.63) is 70.0 Å². The molecule has 1 N–H and O–H groups in total. The molecular formula is C27H30N4O5. The van der Waals surface area contributed by atoms with Gasteiger partial charge in [-0.3, -0.25) is 19.3 Å². The maximum Gasteiger partial charge on any atom is 0.257 e. The van der Waals surface area contributed by atoms with Gasteiger partial charge in [0, 0.05) is 51.5 Å². The number of aryl methyl sites for hydroxylation is 1. The Labute approximate surface area is 209 Å². The van der Waals surface area contributed by atoms with Crippen molar-refractivity contribution in [3.63, 3.8) is 0 Å². The van der Waals surface area contributed by atoms with Crippen LogP contribution < -0.4 is 20.2 Å². The Morgan fingerprint density at radius 1 is 1.03 bits per heavy atom. The number of carbonyl (C=O) groups is 2. The van der Waals surface area contributed by atoms with Gasteiger partial charge in [-0.25, -0.2) is 0 Å². The van der Waals surface area contributed by atoms with Gasteiger partial charge in [0.2, 0.25) is 18.1 Å². The van der Waals surface area contributed by atoms with Crippen molar-refractivity contribution < 1.29 is 19.1 Å². The van der Waals surface area contributed by atoms with E-state index >= 15 is 0 Å². The molecule has 1 saturated heterocycles. The highest BCUT2D eigenvalue weighted by Crippen LogP contribution is 2.35. The number of nitrogens with zero attached hydrogens (tertiary/aromatic N) is 3. The van der Waals surface area contributed by atoms with Crippen LogP contribution in [0.15, 0.2) is 53.5 Å². The predicted molar refractivity (Wildman–Crippen MR) is 135 cm³/mol. The molecule has 2 aliphatic heterocycles. The van der Waals surface area contributed by atoms with Gasteiger partial charge < -0.3 is 24.3 Å². The molecular weight excluding hydrogens is 460 g/mol. The Balaban J connectivity index is 1.26. The Kier molecular flexibility index (Phi) is 6.65. The maximum absolute atomic E-state index is 13.2. The Bertz CT molecular complexity index is 1350. The number of nitrogens with one attached hydrogen (secondary N) is 1. The van der Waals surface area contributed by atoms with E-state index in [0.29, 0.717) is 42.0 Å². The molecule has 0 aliphatic carbocycles. The summed E-state index contributed by atoms with van der Waals surface area (Å²) in [6, 6.07) is 12.9. The van der Waals surface area contributed by atoms with Crippen LogP contribution in [0.2, 0.25) is 0 Å². The number of hydrogen-bond donors (Lipinski definition) is 1. The van der Waals surface area contributed by atoms with E-state index in [1.165, 1.54) is 5.56 Å². The minimum atomic E-state index is -0.750. The lowest BCUT2D eigenvalue weighted by Gasteiger charge is -2.36. The molecule has 5 rings (SSSR count). The van der Waals surface area contributed by atoms with Gasteiger partial charge >= 0.3 is 0 Å². The third-order valence-corrected chi connectivity index (χ3v) is 6.81. The van der Waals surface area contributed by atoms with Crippen molar-refractivity contribution in [3.8, 4) is 11.5 Å². The second-order valence-corrected chi connectivity index (χ2v) is 9.16. The molecule has 9 nitrogen and oxygen atoms in total. The summed E-state index contributed by atoms with van der Waals surface area (Å²) in [6.07, 6.45) is 1.54. The lowest BCUT2D eigenvalue weighted by Crippen LogP contribution is -2.54. The molecule has 1 unspecified atom stereocenters. The molecule has 0 radical (unpaired) electrons. The third-order valence-electron chi connectivity index (χ3n) is 6.81.